The molecule has 0 heterocycles. The first-order chi connectivity index (χ1) is 17.8. The van der Waals surface area contributed by atoms with E-state index in [1.54, 1.807) is 20.8 Å². The number of hydrogen-bond acceptors (Lipinski definition) is 1. The monoisotopic (exact) mass is 449 g/mol. The lowest BCUT2D eigenvalue weighted by atomic mass is 9.47. The van der Waals surface area contributed by atoms with Crippen LogP contribution >= 0.6 is 0 Å². The lowest BCUT2D eigenvalue weighted by Crippen LogP contribution is -2.50. The Bertz CT molecular complexity index is 942. The van der Waals surface area contributed by atoms with Crippen molar-refractivity contribution in [1.29, 1.82) is 0 Å². The molecule has 0 saturated heterocycles. The van der Waals surface area contributed by atoms with Gasteiger partial charge in [-0.25, -0.2) is 0 Å². The van der Waals surface area contributed by atoms with Crippen LogP contribution < -0.4 is 0 Å². The van der Waals surface area contributed by atoms with Crippen LogP contribution in [0, 0.1) is 51.8 Å². The fourth-order valence-corrected chi connectivity index (χ4v) is 9.12. The van der Waals surface area contributed by atoms with Crippen LogP contribution in [0.3, 0.4) is 0 Å². The predicted molar refractivity (Wildman–Crippen MR) is 137 cm³/mol. The van der Waals surface area contributed by atoms with Crippen LogP contribution in [-0.4, -0.2) is 11.2 Å². The molecule has 4 rings (SSSR count). The molecule has 3 fully saturated rings. The Balaban J connectivity index is 1.59. The third-order valence-electron chi connectivity index (χ3n) is 11.3. The molecule has 0 spiro atoms. The number of aliphatic hydroxyl groups is 1. The van der Waals surface area contributed by atoms with E-state index in [-0.39, 0.29) is 35.7 Å². The predicted octanol–water partition coefficient (Wildman–Crippen LogP) is 8.81. The molecule has 0 aliphatic heterocycles. The smallest absolute Gasteiger partial charge is 0.0577 e. The van der Waals surface area contributed by atoms with Gasteiger partial charge in [0, 0.05) is 9.60 Å². The summed E-state index contributed by atoms with van der Waals surface area (Å²) in [4.78, 5) is 0. The Kier molecular flexibility index (Phi) is 4.86. The first-order valence-corrected chi connectivity index (χ1v) is 13.7. The summed E-state index contributed by atoms with van der Waals surface area (Å²) in [6.07, 6.45) is 6.45. The summed E-state index contributed by atoms with van der Waals surface area (Å²) >= 11 is 0. The highest BCUT2D eigenvalue weighted by Crippen LogP contribution is 2.67. The summed E-state index contributed by atoms with van der Waals surface area (Å²) < 4.78 is 60.2. The maximum absolute atomic E-state index is 10.3. The Hall–Kier alpha value is -0.300. The van der Waals surface area contributed by atoms with E-state index in [9.17, 15) is 7.85 Å². The summed E-state index contributed by atoms with van der Waals surface area (Å²) in [6.45, 7) is 9.49. The van der Waals surface area contributed by atoms with Crippen LogP contribution in [0.15, 0.2) is 11.6 Å². The van der Waals surface area contributed by atoms with E-state index < -0.39 is 30.9 Å². The molecular weight excluding hydrogens is 388 g/mol. The first-order valence-electron chi connectivity index (χ1n) is 17.2. The minimum atomic E-state index is -2.90. The molecule has 0 bridgehead atoms. The van der Waals surface area contributed by atoms with Gasteiger partial charge in [0.05, 0.1) is 6.10 Å². The van der Waals surface area contributed by atoms with Crippen molar-refractivity contribution in [1.82, 2.24) is 0 Å². The molecule has 32 heavy (non-hydrogen) atoms. The Morgan fingerprint density at radius 3 is 2.62 bits per heavy atom. The zero-order chi connectivity index (χ0) is 29.4. The largest absolute Gasteiger partial charge is 0.393 e. The molecule has 0 radical (unpaired) electrons. The number of rotatable bonds is 7. The summed E-state index contributed by atoms with van der Waals surface area (Å²) in [5.74, 6) is 1.83. The minimum Gasteiger partial charge on any atom is -0.393 e. The normalized spacial score (nSPS) is 48.8. The molecule has 0 amide bonds. The van der Waals surface area contributed by atoms with Crippen molar-refractivity contribution in [2.24, 2.45) is 51.8 Å². The maximum Gasteiger partial charge on any atom is 0.0577 e. The van der Waals surface area contributed by atoms with Crippen molar-refractivity contribution in [3.63, 3.8) is 0 Å². The first kappa shape index (κ1) is 17.2. The van der Waals surface area contributed by atoms with Crippen molar-refractivity contribution < 1.29 is 14.7 Å². The van der Waals surface area contributed by atoms with Crippen LogP contribution in [-0.2, 0) is 0 Å². The summed E-state index contributed by atoms with van der Waals surface area (Å²) in [5, 5.41) is 10.3. The Labute approximate surface area is 210 Å². The average Bonchev–Trinajstić information content (AvgIpc) is 3.16. The second-order valence-electron chi connectivity index (χ2n) is 12.8. The molecule has 184 valence electrons. The second-order valence-corrected chi connectivity index (χ2v) is 12.8. The SMILES string of the molecule is [2H]C([2H])([2H])C([2H])([2H])[C@@](CC)(C(C)C)C([2H])([2H])C[C@@H](C)[C@H]1CC[C@H]2[C@@H]3CC=C4C[C@@H](O)CC[C@]4(C)[C@H]3CC[C@]12C. The average molecular weight is 450 g/mol. The van der Waals surface area contributed by atoms with Crippen molar-refractivity contribution in [2.45, 2.75) is 131 Å². The fraction of sp³-hybridized carbons (Fsp3) is 0.935. The molecule has 9 atom stereocenters. The zero-order valence-corrected chi connectivity index (χ0v) is 21.6. The Morgan fingerprint density at radius 2 is 1.94 bits per heavy atom. The molecule has 0 aromatic heterocycles. The molecule has 0 aromatic rings. The van der Waals surface area contributed by atoms with E-state index in [0.29, 0.717) is 23.7 Å². The molecule has 0 aromatic carbocycles. The standard InChI is InChI=1S/C31H54O/c1-8-31(9-2,21(3)4)19-14-22(5)26-12-13-27-25-11-10-23-20-24(32)15-17-29(23,6)28(25)16-18-30(26,27)7/h10,21-22,24-28,32H,8-9,11-20H2,1-7H3/t22-,24+,25+,26-,27+,28+,29+,30-/m1/s1/i1D3,8D2,19D2/t22-,24+,25+,26-,27+,28+,29+,30-,31+. The lowest BCUT2D eigenvalue weighted by molar-refractivity contribution is -0.0581. The van der Waals surface area contributed by atoms with Crippen LogP contribution in [0.5, 0.6) is 0 Å². The summed E-state index contributed by atoms with van der Waals surface area (Å²) in [6, 6.07) is 0. The maximum atomic E-state index is 10.3. The van der Waals surface area contributed by atoms with Gasteiger partial charge in [0.15, 0.2) is 0 Å². The van der Waals surface area contributed by atoms with Crippen molar-refractivity contribution in [3.8, 4) is 0 Å². The molecule has 3 saturated carbocycles. The van der Waals surface area contributed by atoms with E-state index in [4.69, 9.17) is 6.85 Å². The van der Waals surface area contributed by atoms with Gasteiger partial charge in [0.25, 0.3) is 0 Å². The second kappa shape index (κ2) is 9.05. The summed E-state index contributed by atoms with van der Waals surface area (Å²) in [5.41, 5.74) is 0.197. The molecule has 4 aliphatic rings. The van der Waals surface area contributed by atoms with Gasteiger partial charge in [-0.2, -0.15) is 0 Å². The van der Waals surface area contributed by atoms with Crippen molar-refractivity contribution in [2.75, 3.05) is 0 Å². The van der Waals surface area contributed by atoms with E-state index in [1.807, 2.05) is 0 Å². The third kappa shape index (κ3) is 3.85. The molecule has 0 unspecified atom stereocenters. The van der Waals surface area contributed by atoms with Crippen LogP contribution in [0.2, 0.25) is 0 Å². The van der Waals surface area contributed by atoms with Gasteiger partial charge in [0.2, 0.25) is 0 Å². The molecule has 1 nitrogen and oxygen atoms in total. The zero-order valence-electron chi connectivity index (χ0n) is 28.6. The fourth-order valence-electron chi connectivity index (χ4n) is 9.12. The van der Waals surface area contributed by atoms with E-state index in [0.717, 1.165) is 44.9 Å². The topological polar surface area (TPSA) is 20.2 Å². The number of aliphatic hydroxyl groups excluding tert-OH is 1. The highest BCUT2D eigenvalue weighted by Gasteiger charge is 2.59. The van der Waals surface area contributed by atoms with Gasteiger partial charge in [-0.15, -0.1) is 0 Å². The molecular formula is C31H54O. The number of hydrogen-bond donors (Lipinski definition) is 1. The number of fused-ring (bicyclic) bond motifs is 5. The molecule has 4 aliphatic carbocycles. The van der Waals surface area contributed by atoms with E-state index in [2.05, 4.69) is 26.8 Å². The van der Waals surface area contributed by atoms with Crippen LogP contribution in [0.1, 0.15) is 135 Å². The quantitative estimate of drug-likeness (QED) is 0.385. The van der Waals surface area contributed by atoms with Gasteiger partial charge in [-0.1, -0.05) is 72.8 Å². The third-order valence-corrected chi connectivity index (χ3v) is 11.3. The van der Waals surface area contributed by atoms with Crippen molar-refractivity contribution >= 4 is 0 Å². The summed E-state index contributed by atoms with van der Waals surface area (Å²) in [7, 11) is 0. The van der Waals surface area contributed by atoms with Crippen LogP contribution in [0.25, 0.3) is 0 Å². The van der Waals surface area contributed by atoms with Gasteiger partial charge in [0.1, 0.15) is 0 Å². The van der Waals surface area contributed by atoms with Gasteiger partial charge >= 0.3 is 0 Å². The highest BCUT2D eigenvalue weighted by atomic mass is 16.3. The lowest BCUT2D eigenvalue weighted by Gasteiger charge is -2.58. The van der Waals surface area contributed by atoms with Crippen molar-refractivity contribution in [3.05, 3.63) is 11.6 Å². The molecule has 1 N–H and O–H groups in total. The Morgan fingerprint density at radius 1 is 1.16 bits per heavy atom. The van der Waals surface area contributed by atoms with Gasteiger partial charge < -0.3 is 5.11 Å². The van der Waals surface area contributed by atoms with Gasteiger partial charge in [-0.3, -0.25) is 0 Å². The van der Waals surface area contributed by atoms with Gasteiger partial charge in [-0.05, 0) is 116 Å². The number of allylic oxidation sites excluding steroid dienone is 1. The molecule has 1 heteroatoms. The van der Waals surface area contributed by atoms with E-state index in [1.165, 1.54) is 12.0 Å². The van der Waals surface area contributed by atoms with E-state index >= 15 is 0 Å². The highest BCUT2D eigenvalue weighted by molar-refractivity contribution is 5.25. The van der Waals surface area contributed by atoms with Crippen LogP contribution in [0.4, 0.5) is 0 Å². The minimum absolute atomic E-state index is 0.0405.